The van der Waals surface area contributed by atoms with E-state index in [4.69, 9.17) is 28.9 Å². The first-order chi connectivity index (χ1) is 26.3. The van der Waals surface area contributed by atoms with Crippen molar-refractivity contribution in [2.24, 2.45) is 11.3 Å². The summed E-state index contributed by atoms with van der Waals surface area (Å²) in [6, 6.07) is 3.28. The highest BCUT2D eigenvalue weighted by Crippen LogP contribution is 2.57. The van der Waals surface area contributed by atoms with Crippen molar-refractivity contribution in [2.75, 3.05) is 25.6 Å². The fourth-order valence-electron chi connectivity index (χ4n) is 7.24. The average molecular weight is 777 g/mol. The van der Waals surface area contributed by atoms with Gasteiger partial charge in [0.1, 0.15) is 29.2 Å². The van der Waals surface area contributed by atoms with Gasteiger partial charge < -0.3 is 34.5 Å². The van der Waals surface area contributed by atoms with E-state index in [1.54, 1.807) is 58.4 Å². The van der Waals surface area contributed by atoms with Crippen molar-refractivity contribution in [1.29, 1.82) is 0 Å². The van der Waals surface area contributed by atoms with Crippen LogP contribution >= 0.6 is 11.3 Å². The molecule has 1 aliphatic carbocycles. The summed E-state index contributed by atoms with van der Waals surface area (Å²) in [6.07, 6.45) is 7.03. The topological polar surface area (TPSA) is 188 Å². The summed E-state index contributed by atoms with van der Waals surface area (Å²) >= 11 is 1.20. The monoisotopic (exact) mass is 776 g/mol. The lowest BCUT2D eigenvalue weighted by molar-refractivity contribution is -0.152. The van der Waals surface area contributed by atoms with Crippen LogP contribution in [-0.2, 0) is 28.7 Å². The molecule has 0 bridgehead atoms. The molecule has 6 rings (SSSR count). The van der Waals surface area contributed by atoms with Crippen molar-refractivity contribution in [3.8, 4) is 23.0 Å². The van der Waals surface area contributed by atoms with Crippen molar-refractivity contribution in [2.45, 2.75) is 103 Å². The Hall–Kier alpha value is -5.12. The lowest BCUT2D eigenvalue weighted by Crippen LogP contribution is -2.52. The van der Waals surface area contributed by atoms with E-state index in [2.05, 4.69) is 21.7 Å². The number of Topliss-reactive ketones (excluding diaryl/α,β-unsaturated/α-hetero) is 1. The highest BCUT2D eigenvalue weighted by molar-refractivity contribution is 7.14. The molecular formula is C39H48N6O9S. The number of nitrogens with zero attached hydrogens (tertiary/aromatic N) is 4. The highest BCUT2D eigenvalue weighted by atomic mass is 32.1. The Balaban J connectivity index is 1.36. The zero-order chi connectivity index (χ0) is 39.3. The van der Waals surface area contributed by atoms with Crippen molar-refractivity contribution in [3.05, 3.63) is 35.7 Å². The van der Waals surface area contributed by atoms with E-state index in [-0.39, 0.29) is 43.6 Å². The number of esters is 1. The molecule has 1 saturated carbocycles. The number of fused-ring (bicyclic) bond motifs is 3. The number of carbonyl (C=O) groups is 5. The van der Waals surface area contributed by atoms with E-state index in [9.17, 15) is 24.0 Å². The summed E-state index contributed by atoms with van der Waals surface area (Å²) in [5.41, 5.74) is -0.0891. The molecule has 1 aromatic carbocycles. The van der Waals surface area contributed by atoms with Crippen molar-refractivity contribution in [3.63, 3.8) is 0 Å². The molecule has 0 radical (unpaired) electrons. The van der Waals surface area contributed by atoms with Crippen LogP contribution in [0.1, 0.15) is 79.1 Å². The zero-order valence-corrected chi connectivity index (χ0v) is 32.6. The molecule has 2 aliphatic heterocycles. The van der Waals surface area contributed by atoms with Gasteiger partial charge >= 0.3 is 12.1 Å². The summed E-state index contributed by atoms with van der Waals surface area (Å²) in [6.45, 7) is 7.13. The minimum Gasteiger partial charge on any atom is -0.497 e. The van der Waals surface area contributed by atoms with Gasteiger partial charge in [-0.15, -0.1) is 11.3 Å². The lowest BCUT2D eigenvalue weighted by Gasteiger charge is -2.30. The molecule has 5 atom stereocenters. The number of aromatic nitrogens is 3. The van der Waals surface area contributed by atoms with Crippen molar-refractivity contribution >= 4 is 57.7 Å². The number of rotatable bonds is 9. The predicted octanol–water partition coefficient (Wildman–Crippen LogP) is 5.62. The third kappa shape index (κ3) is 9.23. The highest BCUT2D eigenvalue weighted by Gasteiger charge is 2.61. The number of ether oxygens (including phenoxy) is 4. The van der Waals surface area contributed by atoms with Crippen LogP contribution in [0.5, 0.6) is 11.6 Å². The second kappa shape index (κ2) is 16.7. The zero-order valence-electron chi connectivity index (χ0n) is 31.8. The quantitative estimate of drug-likeness (QED) is 0.155. The number of ketones is 1. The molecule has 3 amide bonds. The number of methoxy groups -OCH3 is 1. The molecule has 3 aliphatic rings. The van der Waals surface area contributed by atoms with Gasteiger partial charge in [-0.2, -0.15) is 0 Å². The van der Waals surface area contributed by atoms with Gasteiger partial charge in [-0.3, -0.25) is 19.2 Å². The van der Waals surface area contributed by atoms with E-state index in [1.165, 1.54) is 16.2 Å². The van der Waals surface area contributed by atoms with Gasteiger partial charge in [-0.1, -0.05) is 25.0 Å². The van der Waals surface area contributed by atoms with Gasteiger partial charge in [0.25, 0.3) is 0 Å². The van der Waals surface area contributed by atoms with Gasteiger partial charge in [-0.05, 0) is 71.4 Å². The van der Waals surface area contributed by atoms with E-state index in [0.29, 0.717) is 59.0 Å². The molecule has 55 heavy (non-hydrogen) atoms. The first-order valence-corrected chi connectivity index (χ1v) is 19.6. The lowest BCUT2D eigenvalue weighted by atomic mass is 9.91. The number of nitrogens with one attached hydrogen (secondary N) is 2. The molecule has 3 aromatic rings. The molecule has 4 heterocycles. The smallest absolute Gasteiger partial charge is 0.408 e. The first kappa shape index (κ1) is 39.6. The second-order valence-electron chi connectivity index (χ2n) is 15.1. The van der Waals surface area contributed by atoms with Crippen LogP contribution in [-0.4, -0.2) is 94.1 Å². The fraction of sp³-hybridized carbons (Fsp3) is 0.538. The maximum atomic E-state index is 14.6. The average Bonchev–Trinajstić information content (AvgIpc) is 3.41. The molecule has 1 unspecified atom stereocenters. The van der Waals surface area contributed by atoms with Crippen LogP contribution in [0.25, 0.3) is 22.4 Å². The van der Waals surface area contributed by atoms with Crippen molar-refractivity contribution < 1.29 is 42.9 Å². The standard InChI is InChI=1S/C39H48N6O9S/c1-6-52-35(49)39-18-23(39)12-10-8-7-9-11-13-27(44-37(50)54-38(2,3)4)34(48)45-20-25(17-30(45)31(47)19-39)53-33-32(29-21-55-36(43-29)40-22-46)41-26-15-14-24(51-5)16-28(26)42-33/h10,12,14-16,21-23,25,27,30H,6-9,11,13,17-20H2,1-5H3,(H,44,50)(H,40,43,46)/b12-10-/t23-,25?,27+,30+,39-/m1/s1. The van der Waals surface area contributed by atoms with E-state index in [0.717, 1.165) is 19.3 Å². The largest absolute Gasteiger partial charge is 0.497 e. The number of alkyl carbamates (subject to hydrolysis) is 1. The Morgan fingerprint density at radius 3 is 2.67 bits per heavy atom. The van der Waals surface area contributed by atoms with Gasteiger partial charge in [0.05, 0.1) is 42.8 Å². The minimum absolute atomic E-state index is 0.0102. The summed E-state index contributed by atoms with van der Waals surface area (Å²) in [5.74, 6) is -0.651. The van der Waals surface area contributed by atoms with Gasteiger partial charge in [0, 0.05) is 24.3 Å². The molecule has 15 nitrogen and oxygen atoms in total. The SMILES string of the molecule is CCOC(=O)[C@]12CC(=O)[C@@H]3CC(Oc4nc5cc(OC)ccc5nc4-c4csc(NC=O)n4)CN3C(=O)[C@@H](NC(=O)OC(C)(C)C)CCCCC/C=C\[C@@H]1C2. The summed E-state index contributed by atoms with van der Waals surface area (Å²) in [5, 5.41) is 7.39. The third-order valence-corrected chi connectivity index (χ3v) is 10.8. The van der Waals surface area contributed by atoms with Crippen LogP contribution in [0.2, 0.25) is 0 Å². The third-order valence-electron chi connectivity index (χ3n) is 9.99. The minimum atomic E-state index is -1.01. The van der Waals surface area contributed by atoms with Crippen molar-refractivity contribution in [1.82, 2.24) is 25.2 Å². The number of anilines is 1. The number of benzene rings is 1. The second-order valence-corrected chi connectivity index (χ2v) is 16.0. The number of hydrogen-bond acceptors (Lipinski definition) is 13. The van der Waals surface area contributed by atoms with Crippen LogP contribution in [0, 0.1) is 11.3 Å². The Morgan fingerprint density at radius 2 is 1.93 bits per heavy atom. The summed E-state index contributed by atoms with van der Waals surface area (Å²) in [7, 11) is 1.54. The predicted molar refractivity (Wildman–Crippen MR) is 204 cm³/mol. The Morgan fingerprint density at radius 1 is 1.11 bits per heavy atom. The van der Waals surface area contributed by atoms with E-state index in [1.807, 2.05) is 6.08 Å². The molecule has 0 spiro atoms. The maximum Gasteiger partial charge on any atom is 0.408 e. The molecule has 2 N–H and O–H groups in total. The molecule has 16 heteroatoms. The van der Waals surface area contributed by atoms with Gasteiger partial charge in [0.15, 0.2) is 16.6 Å². The van der Waals surface area contributed by atoms with Crippen LogP contribution < -0.4 is 20.1 Å². The van der Waals surface area contributed by atoms with Gasteiger partial charge in [-0.25, -0.2) is 19.7 Å². The summed E-state index contributed by atoms with van der Waals surface area (Å²) in [4.78, 5) is 82.2. The molecule has 2 aromatic heterocycles. The Kier molecular flexibility index (Phi) is 12.0. The number of carbonyl (C=O) groups excluding carboxylic acids is 5. The van der Waals surface area contributed by atoms with Crippen LogP contribution in [0.3, 0.4) is 0 Å². The normalized spacial score (nSPS) is 25.1. The number of amides is 3. The number of thiazole rings is 1. The molecule has 294 valence electrons. The Bertz CT molecular complexity index is 1960. The fourth-order valence-corrected chi connectivity index (χ4v) is 7.89. The molecule has 1 saturated heterocycles. The van der Waals surface area contributed by atoms with Crippen LogP contribution in [0.15, 0.2) is 35.7 Å². The molecular weight excluding hydrogens is 729 g/mol. The van der Waals surface area contributed by atoms with Crippen LogP contribution in [0.4, 0.5) is 9.93 Å². The van der Waals surface area contributed by atoms with E-state index >= 15 is 0 Å². The maximum absolute atomic E-state index is 14.6. The van der Waals surface area contributed by atoms with E-state index < -0.39 is 47.2 Å². The number of hydrogen-bond donors (Lipinski definition) is 2. The van der Waals surface area contributed by atoms with Gasteiger partial charge in [0.2, 0.25) is 18.2 Å². The number of allylic oxidation sites excluding steroid dienone is 2. The molecule has 2 fully saturated rings. The Labute approximate surface area is 323 Å². The summed E-state index contributed by atoms with van der Waals surface area (Å²) < 4.78 is 23.0. The first-order valence-electron chi connectivity index (χ1n) is 18.7.